The molecule has 0 amide bonds. The summed E-state index contributed by atoms with van der Waals surface area (Å²) in [4.78, 5) is 25.8. The van der Waals surface area contributed by atoms with Crippen LogP contribution in [0.5, 0.6) is 11.5 Å². The van der Waals surface area contributed by atoms with Gasteiger partial charge in [0.1, 0.15) is 11.5 Å². The van der Waals surface area contributed by atoms with Gasteiger partial charge in [-0.05, 0) is 113 Å². The maximum absolute atomic E-state index is 12.9. The van der Waals surface area contributed by atoms with Gasteiger partial charge in [0.05, 0.1) is 33.9 Å². The van der Waals surface area contributed by atoms with Crippen LogP contribution in [-0.2, 0) is 0 Å². The van der Waals surface area contributed by atoms with Gasteiger partial charge in [-0.1, -0.05) is 91.0 Å². The molecule has 0 unspecified atom stereocenters. The van der Waals surface area contributed by atoms with Crippen molar-refractivity contribution in [3.63, 3.8) is 0 Å². The van der Waals surface area contributed by atoms with E-state index in [0.717, 1.165) is 22.3 Å². The molecule has 0 aliphatic rings. The first kappa shape index (κ1) is 33.2. The Bertz CT molecular complexity index is 2180. The number of nitrogens with zero attached hydrogens (tertiary/aromatic N) is 4. The Balaban J connectivity index is 0.912. The van der Waals surface area contributed by atoms with E-state index < -0.39 is 11.9 Å². The summed E-state index contributed by atoms with van der Waals surface area (Å²) in [6.45, 7) is 0. The first-order valence-electron chi connectivity index (χ1n) is 16.4. The Morgan fingerprint density at radius 3 is 0.981 bits per heavy atom. The minimum Gasteiger partial charge on any atom is -0.423 e. The molecule has 0 aliphatic heterocycles. The standard InChI is InChI=1S/C44H30N4O4/c49-43(51-41-26-22-39(23-27-41)47-45-37-18-14-33(15-19-37)31-8-3-1-4-9-31)35-12-7-13-36(30-35)44(50)52-42-28-24-40(25-29-42)48-46-38-20-16-34(17-21-38)32-10-5-2-6-11-32/h1-30H. The molecular weight excluding hydrogens is 649 g/mol. The summed E-state index contributed by atoms with van der Waals surface area (Å²) >= 11 is 0. The van der Waals surface area contributed by atoms with E-state index in [1.165, 1.54) is 6.07 Å². The number of carbonyl (C=O) groups is 2. The third-order valence-electron chi connectivity index (χ3n) is 7.94. The number of hydrogen-bond donors (Lipinski definition) is 0. The SMILES string of the molecule is O=C(Oc1ccc(N=Nc2ccc(-c3ccccc3)cc2)cc1)c1cccc(C(=O)Oc2ccc(N=Nc3ccc(-c4ccccc4)cc3)cc2)c1. The Hall–Kier alpha value is -7.32. The van der Waals surface area contributed by atoms with Crippen LogP contribution in [0.15, 0.2) is 202 Å². The second kappa shape index (κ2) is 15.9. The van der Waals surface area contributed by atoms with Crippen molar-refractivity contribution >= 4 is 34.7 Å². The van der Waals surface area contributed by atoms with E-state index >= 15 is 0 Å². The molecule has 0 saturated heterocycles. The molecule has 250 valence electrons. The molecule has 0 bridgehead atoms. The fraction of sp³-hybridized carbons (Fsp3) is 0. The molecule has 0 radical (unpaired) electrons. The summed E-state index contributed by atoms with van der Waals surface area (Å²) in [5.41, 5.74) is 7.49. The number of benzene rings is 7. The summed E-state index contributed by atoms with van der Waals surface area (Å²) in [5, 5.41) is 17.2. The van der Waals surface area contributed by atoms with Crippen LogP contribution in [0.1, 0.15) is 20.7 Å². The molecule has 8 heteroatoms. The van der Waals surface area contributed by atoms with Gasteiger partial charge >= 0.3 is 11.9 Å². The van der Waals surface area contributed by atoms with E-state index in [0.29, 0.717) is 34.2 Å². The van der Waals surface area contributed by atoms with Crippen LogP contribution in [0.2, 0.25) is 0 Å². The minimum absolute atomic E-state index is 0.199. The lowest BCUT2D eigenvalue weighted by atomic mass is 10.1. The van der Waals surface area contributed by atoms with Crippen molar-refractivity contribution in [1.82, 2.24) is 0 Å². The second-order valence-electron chi connectivity index (χ2n) is 11.6. The van der Waals surface area contributed by atoms with Gasteiger partial charge in [-0.2, -0.15) is 20.5 Å². The molecule has 0 fully saturated rings. The summed E-state index contributed by atoms with van der Waals surface area (Å²) in [6.07, 6.45) is 0. The van der Waals surface area contributed by atoms with Gasteiger partial charge in [0.25, 0.3) is 0 Å². The Morgan fingerprint density at radius 1 is 0.327 bits per heavy atom. The average Bonchev–Trinajstić information content (AvgIpc) is 3.21. The van der Waals surface area contributed by atoms with Gasteiger partial charge in [-0.25, -0.2) is 9.59 Å². The van der Waals surface area contributed by atoms with E-state index in [4.69, 9.17) is 9.47 Å². The van der Waals surface area contributed by atoms with Crippen LogP contribution in [0.3, 0.4) is 0 Å². The Labute approximate surface area is 300 Å². The number of hydrogen-bond acceptors (Lipinski definition) is 8. The molecule has 7 aromatic carbocycles. The normalized spacial score (nSPS) is 11.1. The average molecular weight is 679 g/mol. The third kappa shape index (κ3) is 8.63. The summed E-state index contributed by atoms with van der Waals surface area (Å²) in [5.74, 6) is -0.588. The van der Waals surface area contributed by atoms with E-state index in [1.807, 2.05) is 84.9 Å². The smallest absolute Gasteiger partial charge is 0.343 e. The van der Waals surface area contributed by atoms with Crippen LogP contribution in [0.4, 0.5) is 22.7 Å². The van der Waals surface area contributed by atoms with Crippen molar-refractivity contribution in [1.29, 1.82) is 0 Å². The first-order valence-corrected chi connectivity index (χ1v) is 16.4. The zero-order valence-corrected chi connectivity index (χ0v) is 27.7. The largest absolute Gasteiger partial charge is 0.423 e. The molecule has 7 rings (SSSR count). The summed E-state index contributed by atoms with van der Waals surface area (Å²) in [7, 11) is 0. The van der Waals surface area contributed by atoms with Gasteiger partial charge in [0.2, 0.25) is 0 Å². The molecule has 0 aliphatic carbocycles. The number of ether oxygens (including phenoxy) is 2. The maximum Gasteiger partial charge on any atom is 0.343 e. The molecule has 0 aromatic heterocycles. The van der Waals surface area contributed by atoms with Crippen LogP contribution >= 0.6 is 0 Å². The molecule has 52 heavy (non-hydrogen) atoms. The molecule has 0 saturated carbocycles. The Kier molecular flexibility index (Phi) is 10.2. The molecule has 8 nitrogen and oxygen atoms in total. The van der Waals surface area contributed by atoms with Gasteiger partial charge in [-0.15, -0.1) is 0 Å². The van der Waals surface area contributed by atoms with Crippen LogP contribution in [0, 0.1) is 0 Å². The van der Waals surface area contributed by atoms with E-state index in [-0.39, 0.29) is 11.1 Å². The Morgan fingerprint density at radius 2 is 0.635 bits per heavy atom. The first-order chi connectivity index (χ1) is 25.6. The highest BCUT2D eigenvalue weighted by Crippen LogP contribution is 2.27. The lowest BCUT2D eigenvalue weighted by Gasteiger charge is -2.07. The molecular formula is C44H30N4O4. The maximum atomic E-state index is 12.9. The van der Waals surface area contributed by atoms with Crippen molar-refractivity contribution in [2.75, 3.05) is 0 Å². The van der Waals surface area contributed by atoms with Gasteiger partial charge in [-0.3, -0.25) is 0 Å². The van der Waals surface area contributed by atoms with E-state index in [1.54, 1.807) is 66.7 Å². The van der Waals surface area contributed by atoms with Gasteiger partial charge in [0.15, 0.2) is 0 Å². The van der Waals surface area contributed by atoms with Crippen molar-refractivity contribution in [3.05, 3.63) is 193 Å². The van der Waals surface area contributed by atoms with Crippen molar-refractivity contribution in [2.45, 2.75) is 0 Å². The zero-order chi connectivity index (χ0) is 35.5. The fourth-order valence-electron chi connectivity index (χ4n) is 5.20. The predicted molar refractivity (Wildman–Crippen MR) is 201 cm³/mol. The minimum atomic E-state index is -0.619. The summed E-state index contributed by atoms with van der Waals surface area (Å²) in [6, 6.07) is 55.3. The quantitative estimate of drug-likeness (QED) is 0.0816. The fourth-order valence-corrected chi connectivity index (χ4v) is 5.20. The predicted octanol–water partition coefficient (Wildman–Crippen LogP) is 12.3. The number of carbonyl (C=O) groups excluding carboxylic acids is 2. The van der Waals surface area contributed by atoms with E-state index in [9.17, 15) is 9.59 Å². The zero-order valence-electron chi connectivity index (χ0n) is 27.7. The summed E-state index contributed by atoms with van der Waals surface area (Å²) < 4.78 is 11.1. The van der Waals surface area contributed by atoms with Crippen molar-refractivity contribution in [3.8, 4) is 33.8 Å². The van der Waals surface area contributed by atoms with E-state index in [2.05, 4.69) is 44.7 Å². The lowest BCUT2D eigenvalue weighted by Crippen LogP contribution is -2.12. The third-order valence-corrected chi connectivity index (χ3v) is 7.94. The van der Waals surface area contributed by atoms with Crippen molar-refractivity contribution < 1.29 is 19.1 Å². The van der Waals surface area contributed by atoms with Crippen LogP contribution in [0.25, 0.3) is 22.3 Å². The van der Waals surface area contributed by atoms with Crippen LogP contribution < -0.4 is 9.47 Å². The molecule has 0 N–H and O–H groups in total. The molecule has 7 aromatic rings. The molecule has 0 spiro atoms. The monoisotopic (exact) mass is 678 g/mol. The highest BCUT2D eigenvalue weighted by molar-refractivity contribution is 5.96. The highest BCUT2D eigenvalue weighted by Gasteiger charge is 2.14. The van der Waals surface area contributed by atoms with Crippen molar-refractivity contribution in [2.24, 2.45) is 20.5 Å². The molecule has 0 heterocycles. The topological polar surface area (TPSA) is 102 Å². The van der Waals surface area contributed by atoms with Crippen LogP contribution in [-0.4, -0.2) is 11.9 Å². The molecule has 0 atom stereocenters. The van der Waals surface area contributed by atoms with Gasteiger partial charge < -0.3 is 9.47 Å². The number of azo groups is 2. The second-order valence-corrected chi connectivity index (χ2v) is 11.6. The number of esters is 2. The lowest BCUT2D eigenvalue weighted by molar-refractivity contribution is 0.0734. The number of rotatable bonds is 10. The highest BCUT2D eigenvalue weighted by atomic mass is 16.5. The van der Waals surface area contributed by atoms with Gasteiger partial charge in [0, 0.05) is 0 Å².